The zero-order chi connectivity index (χ0) is 6.91. The molecule has 0 spiro atoms. The highest BCUT2D eigenvalue weighted by Crippen LogP contribution is 2.27. The zero-order valence-electron chi connectivity index (χ0n) is 6.22. The van der Waals surface area contributed by atoms with Gasteiger partial charge in [-0.1, -0.05) is 13.8 Å². The molecule has 1 rings (SSSR count). The van der Waals surface area contributed by atoms with Gasteiger partial charge >= 0.3 is 0 Å². The molecule has 1 aliphatic rings. The number of rotatable bonds is 2. The van der Waals surface area contributed by atoms with Gasteiger partial charge in [0.25, 0.3) is 0 Å². The van der Waals surface area contributed by atoms with Crippen molar-refractivity contribution in [2.45, 2.75) is 13.8 Å². The molecular weight excluding hydrogens is 114 g/mol. The van der Waals surface area contributed by atoms with Gasteiger partial charge in [-0.2, -0.15) is 0 Å². The Labute approximate surface area is 56.5 Å². The van der Waals surface area contributed by atoms with Crippen LogP contribution >= 0.6 is 0 Å². The first kappa shape index (κ1) is 7.03. The molecule has 1 aliphatic heterocycles. The Morgan fingerprint density at radius 3 is 2.33 bits per heavy atom. The quantitative estimate of drug-likeness (QED) is 0.580. The van der Waals surface area contributed by atoms with Gasteiger partial charge in [0.1, 0.15) is 0 Å². The van der Waals surface area contributed by atoms with Gasteiger partial charge in [-0.15, -0.1) is 0 Å². The molecule has 0 bridgehead atoms. The molecule has 0 radical (unpaired) electrons. The summed E-state index contributed by atoms with van der Waals surface area (Å²) in [6.45, 7) is 7.95. The fourth-order valence-electron chi connectivity index (χ4n) is 1.46. The summed E-state index contributed by atoms with van der Waals surface area (Å²) in [6.07, 6.45) is 0. The molecule has 1 saturated heterocycles. The van der Waals surface area contributed by atoms with Crippen LogP contribution in [0.5, 0.6) is 0 Å². The third kappa shape index (κ3) is 1.66. The minimum absolute atomic E-state index is 0.302. The van der Waals surface area contributed by atoms with E-state index < -0.39 is 0 Å². The van der Waals surface area contributed by atoms with Crippen LogP contribution in [0.1, 0.15) is 13.8 Å². The van der Waals surface area contributed by atoms with Gasteiger partial charge in [0.05, 0.1) is 6.61 Å². The smallest absolute Gasteiger partial charge is 0.0558 e. The van der Waals surface area contributed by atoms with Crippen LogP contribution in [0.3, 0.4) is 0 Å². The molecule has 2 heteroatoms. The monoisotopic (exact) mass is 129 g/mol. The molecule has 54 valence electrons. The molecule has 0 atom stereocenters. The van der Waals surface area contributed by atoms with E-state index in [0.717, 1.165) is 19.6 Å². The molecule has 0 aromatic heterocycles. The van der Waals surface area contributed by atoms with E-state index in [0.29, 0.717) is 12.0 Å². The van der Waals surface area contributed by atoms with Gasteiger partial charge in [0.2, 0.25) is 0 Å². The number of likely N-dealkylation sites (tertiary alicyclic amines) is 1. The number of hydrogen-bond donors (Lipinski definition) is 1. The SMILES string of the molecule is CC1(C)CN(CCO)C1. The lowest BCUT2D eigenvalue weighted by Crippen LogP contribution is -2.53. The van der Waals surface area contributed by atoms with Crippen molar-refractivity contribution in [1.82, 2.24) is 4.90 Å². The highest BCUT2D eigenvalue weighted by molar-refractivity contribution is 4.86. The molecule has 1 heterocycles. The van der Waals surface area contributed by atoms with E-state index in [9.17, 15) is 0 Å². The molecule has 1 N–H and O–H groups in total. The van der Waals surface area contributed by atoms with Crippen molar-refractivity contribution in [2.75, 3.05) is 26.2 Å². The molecule has 0 amide bonds. The van der Waals surface area contributed by atoms with Crippen LogP contribution in [0, 0.1) is 5.41 Å². The summed E-state index contributed by atoms with van der Waals surface area (Å²) >= 11 is 0. The minimum atomic E-state index is 0.302. The Morgan fingerprint density at radius 2 is 2.00 bits per heavy atom. The molecule has 1 fully saturated rings. The zero-order valence-corrected chi connectivity index (χ0v) is 6.22. The minimum Gasteiger partial charge on any atom is -0.395 e. The van der Waals surface area contributed by atoms with Crippen molar-refractivity contribution in [3.05, 3.63) is 0 Å². The van der Waals surface area contributed by atoms with E-state index in [-0.39, 0.29) is 0 Å². The summed E-state index contributed by atoms with van der Waals surface area (Å²) in [4.78, 5) is 2.26. The van der Waals surface area contributed by atoms with E-state index in [4.69, 9.17) is 5.11 Å². The van der Waals surface area contributed by atoms with Crippen LogP contribution in [0.4, 0.5) is 0 Å². The number of hydrogen-bond acceptors (Lipinski definition) is 2. The lowest BCUT2D eigenvalue weighted by molar-refractivity contribution is 0.0186. The highest BCUT2D eigenvalue weighted by Gasteiger charge is 2.32. The van der Waals surface area contributed by atoms with Crippen LogP contribution in [-0.2, 0) is 0 Å². The largest absolute Gasteiger partial charge is 0.395 e. The van der Waals surface area contributed by atoms with E-state index in [1.165, 1.54) is 0 Å². The highest BCUT2D eigenvalue weighted by atomic mass is 16.3. The van der Waals surface area contributed by atoms with Crippen LogP contribution in [0.2, 0.25) is 0 Å². The Hall–Kier alpha value is -0.0800. The predicted molar refractivity (Wildman–Crippen MR) is 37.3 cm³/mol. The van der Waals surface area contributed by atoms with Crippen molar-refractivity contribution in [3.63, 3.8) is 0 Å². The van der Waals surface area contributed by atoms with Crippen LogP contribution in [0.25, 0.3) is 0 Å². The maximum Gasteiger partial charge on any atom is 0.0558 e. The maximum absolute atomic E-state index is 8.53. The topological polar surface area (TPSA) is 23.5 Å². The molecular formula is C7H15NO. The number of nitrogens with zero attached hydrogens (tertiary/aromatic N) is 1. The standard InChI is InChI=1S/C7H15NO/c1-7(2)5-8(6-7)3-4-9/h9H,3-6H2,1-2H3. The van der Waals surface area contributed by atoms with Crippen LogP contribution in [0.15, 0.2) is 0 Å². The fourth-order valence-corrected chi connectivity index (χ4v) is 1.46. The van der Waals surface area contributed by atoms with Gasteiger partial charge in [-0.25, -0.2) is 0 Å². The summed E-state index contributed by atoms with van der Waals surface area (Å²) in [5, 5.41) is 8.53. The fraction of sp³-hybridized carbons (Fsp3) is 1.00. The third-order valence-electron chi connectivity index (χ3n) is 1.72. The van der Waals surface area contributed by atoms with E-state index in [1.807, 2.05) is 0 Å². The van der Waals surface area contributed by atoms with Gasteiger partial charge in [0.15, 0.2) is 0 Å². The average Bonchev–Trinajstić information content (AvgIpc) is 1.62. The molecule has 0 saturated carbocycles. The Bertz CT molecular complexity index is 93.1. The lowest BCUT2D eigenvalue weighted by atomic mass is 9.85. The Morgan fingerprint density at radius 1 is 1.44 bits per heavy atom. The average molecular weight is 129 g/mol. The summed E-state index contributed by atoms with van der Waals surface area (Å²) in [5.41, 5.74) is 0.509. The normalized spacial score (nSPS) is 25.7. The number of β-amino-alcohol motifs (C(OH)–C–C–N with tert-alkyl or cyclic N) is 1. The molecule has 0 unspecified atom stereocenters. The molecule has 9 heavy (non-hydrogen) atoms. The second-order valence-corrected chi connectivity index (χ2v) is 3.60. The lowest BCUT2D eigenvalue weighted by Gasteiger charge is -2.45. The first-order chi connectivity index (χ1) is 4.14. The maximum atomic E-state index is 8.53. The Balaban J connectivity index is 2.12. The van der Waals surface area contributed by atoms with Crippen molar-refractivity contribution < 1.29 is 5.11 Å². The van der Waals surface area contributed by atoms with E-state index in [2.05, 4.69) is 18.7 Å². The van der Waals surface area contributed by atoms with E-state index >= 15 is 0 Å². The van der Waals surface area contributed by atoms with Gasteiger partial charge in [0, 0.05) is 19.6 Å². The van der Waals surface area contributed by atoms with Crippen LogP contribution in [-0.4, -0.2) is 36.2 Å². The Kier molecular flexibility index (Phi) is 1.78. The summed E-state index contributed by atoms with van der Waals surface area (Å²) in [7, 11) is 0. The van der Waals surface area contributed by atoms with Crippen LogP contribution < -0.4 is 0 Å². The first-order valence-electron chi connectivity index (χ1n) is 3.47. The van der Waals surface area contributed by atoms with Gasteiger partial charge < -0.3 is 5.11 Å². The van der Waals surface area contributed by atoms with Crippen molar-refractivity contribution in [2.24, 2.45) is 5.41 Å². The molecule has 0 aliphatic carbocycles. The second-order valence-electron chi connectivity index (χ2n) is 3.60. The molecule has 2 nitrogen and oxygen atoms in total. The summed E-state index contributed by atoms with van der Waals surface area (Å²) < 4.78 is 0. The number of aliphatic hydroxyl groups excluding tert-OH is 1. The van der Waals surface area contributed by atoms with E-state index in [1.54, 1.807) is 0 Å². The van der Waals surface area contributed by atoms with Crippen molar-refractivity contribution >= 4 is 0 Å². The van der Waals surface area contributed by atoms with Gasteiger partial charge in [-0.3, -0.25) is 4.90 Å². The third-order valence-corrected chi connectivity index (χ3v) is 1.72. The van der Waals surface area contributed by atoms with Crippen molar-refractivity contribution in [3.8, 4) is 0 Å². The number of aliphatic hydroxyl groups is 1. The van der Waals surface area contributed by atoms with Crippen molar-refractivity contribution in [1.29, 1.82) is 0 Å². The second kappa shape index (κ2) is 2.27. The molecule has 0 aromatic rings. The van der Waals surface area contributed by atoms with Gasteiger partial charge in [-0.05, 0) is 5.41 Å². The summed E-state index contributed by atoms with van der Waals surface area (Å²) in [5.74, 6) is 0. The summed E-state index contributed by atoms with van der Waals surface area (Å²) in [6, 6.07) is 0. The first-order valence-corrected chi connectivity index (χ1v) is 3.47. The molecule has 0 aromatic carbocycles. The predicted octanol–water partition coefficient (Wildman–Crippen LogP) is 0.321.